The number of hydrogen-bond donors (Lipinski definition) is 2. The first-order valence-corrected chi connectivity index (χ1v) is 9.71. The van der Waals surface area contributed by atoms with Crippen LogP contribution in [0.15, 0.2) is 29.5 Å². The minimum atomic E-state index is 0. The molecule has 0 saturated heterocycles. The maximum absolute atomic E-state index is 5.63. The van der Waals surface area contributed by atoms with E-state index in [9.17, 15) is 0 Å². The lowest BCUT2D eigenvalue weighted by molar-refractivity contribution is 0.327. The topological polar surface area (TPSA) is 58.5 Å². The molecule has 2 N–H and O–H groups in total. The Kier molecular flexibility index (Phi) is 11.2. The van der Waals surface area contributed by atoms with Gasteiger partial charge in [-0.15, -0.1) is 24.0 Å². The molecule has 0 aliphatic heterocycles. The van der Waals surface area contributed by atoms with E-state index in [-0.39, 0.29) is 24.0 Å². The van der Waals surface area contributed by atoms with E-state index < -0.39 is 0 Å². The number of pyridine rings is 1. The van der Waals surface area contributed by atoms with Crippen LogP contribution in [0.2, 0.25) is 0 Å². The number of nitrogens with zero attached hydrogens (tertiary/aromatic N) is 2. The highest BCUT2D eigenvalue weighted by molar-refractivity contribution is 14.0. The van der Waals surface area contributed by atoms with E-state index in [1.54, 1.807) is 12.4 Å². The normalized spacial score (nSPS) is 20.8. The average Bonchev–Trinajstić information content (AvgIpc) is 2.60. The molecule has 1 aliphatic rings. The summed E-state index contributed by atoms with van der Waals surface area (Å²) in [5.41, 5.74) is 0. The molecule has 7 heteroatoms. The van der Waals surface area contributed by atoms with Crippen LogP contribution >= 0.6 is 35.7 Å². The van der Waals surface area contributed by atoms with Gasteiger partial charge in [0.1, 0.15) is 12.4 Å². The summed E-state index contributed by atoms with van der Waals surface area (Å²) in [5.74, 6) is 1.68. The van der Waals surface area contributed by atoms with E-state index in [0.29, 0.717) is 19.2 Å². The number of thioether (sulfide) groups is 1. The van der Waals surface area contributed by atoms with Gasteiger partial charge in [-0.05, 0) is 44.6 Å². The Morgan fingerprint density at radius 3 is 3.04 bits per heavy atom. The molecule has 0 aromatic carbocycles. The number of aromatic nitrogens is 1. The molecule has 24 heavy (non-hydrogen) atoms. The Bertz CT molecular complexity index is 475. The Labute approximate surface area is 166 Å². The number of aliphatic imine (C=N–C) groups is 1. The van der Waals surface area contributed by atoms with E-state index in [0.717, 1.165) is 23.5 Å². The van der Waals surface area contributed by atoms with Crippen LogP contribution in [-0.2, 0) is 0 Å². The second-order valence-electron chi connectivity index (χ2n) is 5.66. The molecule has 2 rings (SSSR count). The van der Waals surface area contributed by atoms with Crippen molar-refractivity contribution in [3.05, 3.63) is 24.5 Å². The number of halogens is 1. The van der Waals surface area contributed by atoms with Crippen LogP contribution in [0, 0.1) is 0 Å². The molecular formula is C17H29IN4OS. The maximum atomic E-state index is 5.63. The van der Waals surface area contributed by atoms with Crippen molar-refractivity contribution in [3.63, 3.8) is 0 Å². The first-order chi connectivity index (χ1) is 11.3. The number of rotatable bonds is 7. The summed E-state index contributed by atoms with van der Waals surface area (Å²) in [5, 5.41) is 7.68. The van der Waals surface area contributed by atoms with E-state index in [1.165, 1.54) is 25.7 Å². The molecule has 0 spiro atoms. The van der Waals surface area contributed by atoms with Crippen LogP contribution < -0.4 is 15.4 Å². The van der Waals surface area contributed by atoms with Gasteiger partial charge in [0.2, 0.25) is 0 Å². The van der Waals surface area contributed by atoms with Crippen molar-refractivity contribution in [2.24, 2.45) is 4.99 Å². The van der Waals surface area contributed by atoms with Crippen molar-refractivity contribution in [2.75, 3.05) is 26.0 Å². The predicted octanol–water partition coefficient (Wildman–Crippen LogP) is 3.31. The van der Waals surface area contributed by atoms with Gasteiger partial charge in [0.25, 0.3) is 0 Å². The third kappa shape index (κ3) is 7.92. The van der Waals surface area contributed by atoms with Crippen LogP contribution in [0.4, 0.5) is 0 Å². The Hall–Kier alpha value is -0.700. The van der Waals surface area contributed by atoms with Gasteiger partial charge in [0.15, 0.2) is 5.96 Å². The molecule has 1 heterocycles. The number of hydrogen-bond acceptors (Lipinski definition) is 4. The first-order valence-electron chi connectivity index (χ1n) is 8.42. The Morgan fingerprint density at radius 2 is 2.33 bits per heavy atom. The van der Waals surface area contributed by atoms with Gasteiger partial charge in [-0.2, -0.15) is 11.8 Å². The molecule has 1 aromatic heterocycles. The van der Waals surface area contributed by atoms with Gasteiger partial charge in [0.05, 0.1) is 12.7 Å². The Morgan fingerprint density at radius 1 is 1.46 bits per heavy atom. The molecule has 5 nitrogen and oxygen atoms in total. The van der Waals surface area contributed by atoms with Gasteiger partial charge in [0, 0.05) is 24.0 Å². The summed E-state index contributed by atoms with van der Waals surface area (Å²) in [6.07, 6.45) is 10.8. The zero-order valence-electron chi connectivity index (χ0n) is 14.5. The highest BCUT2D eigenvalue weighted by Gasteiger charge is 2.21. The summed E-state index contributed by atoms with van der Waals surface area (Å²) in [7, 11) is 0. The van der Waals surface area contributed by atoms with Gasteiger partial charge in [-0.1, -0.05) is 6.42 Å². The van der Waals surface area contributed by atoms with Crippen molar-refractivity contribution >= 4 is 41.7 Å². The number of nitrogens with one attached hydrogen (secondary N) is 2. The highest BCUT2D eigenvalue weighted by Crippen LogP contribution is 2.26. The molecule has 1 fully saturated rings. The van der Waals surface area contributed by atoms with E-state index >= 15 is 0 Å². The van der Waals surface area contributed by atoms with Crippen LogP contribution in [0.1, 0.15) is 32.6 Å². The van der Waals surface area contributed by atoms with Gasteiger partial charge in [-0.25, -0.2) is 4.99 Å². The standard InChI is InChI=1S/C17H28N4OS.HI/c1-3-19-17(21-14-6-4-8-16(12-14)23-2)20-10-11-22-15-7-5-9-18-13-15;/h5,7,9,13-14,16H,3-4,6,8,10-12H2,1-2H3,(H2,19,20,21);1H. The van der Waals surface area contributed by atoms with E-state index in [4.69, 9.17) is 4.74 Å². The maximum Gasteiger partial charge on any atom is 0.191 e. The van der Waals surface area contributed by atoms with Crippen molar-refractivity contribution in [1.82, 2.24) is 15.6 Å². The smallest absolute Gasteiger partial charge is 0.191 e. The fourth-order valence-electron chi connectivity index (χ4n) is 2.76. The van der Waals surface area contributed by atoms with Crippen molar-refractivity contribution in [2.45, 2.75) is 43.9 Å². The minimum Gasteiger partial charge on any atom is -0.490 e. The number of ether oxygens (including phenoxy) is 1. The van der Waals surface area contributed by atoms with Crippen LogP contribution in [0.25, 0.3) is 0 Å². The molecule has 136 valence electrons. The molecule has 0 amide bonds. The molecule has 1 saturated carbocycles. The fourth-order valence-corrected chi connectivity index (χ4v) is 3.58. The highest BCUT2D eigenvalue weighted by atomic mass is 127. The summed E-state index contributed by atoms with van der Waals surface area (Å²) < 4.78 is 5.63. The quantitative estimate of drug-likeness (QED) is 0.281. The molecule has 0 bridgehead atoms. The summed E-state index contributed by atoms with van der Waals surface area (Å²) in [6, 6.07) is 4.30. The lowest BCUT2D eigenvalue weighted by Crippen LogP contribution is -2.45. The molecule has 0 radical (unpaired) electrons. The SMILES string of the molecule is CCNC(=NCCOc1cccnc1)NC1CCCC(SC)C1.I. The zero-order valence-corrected chi connectivity index (χ0v) is 17.7. The van der Waals surface area contributed by atoms with Crippen molar-refractivity contribution in [1.29, 1.82) is 0 Å². The molecule has 1 aromatic rings. The molecule has 2 atom stereocenters. The first kappa shape index (κ1) is 21.3. The second-order valence-corrected chi connectivity index (χ2v) is 6.80. The summed E-state index contributed by atoms with van der Waals surface area (Å²) >= 11 is 1.98. The van der Waals surface area contributed by atoms with Gasteiger partial charge < -0.3 is 15.4 Å². The lowest BCUT2D eigenvalue weighted by atomic mass is 9.95. The Balaban J connectivity index is 0.00000288. The summed E-state index contributed by atoms with van der Waals surface area (Å²) in [6.45, 7) is 4.14. The lowest BCUT2D eigenvalue weighted by Gasteiger charge is -2.29. The van der Waals surface area contributed by atoms with Crippen molar-refractivity contribution in [3.8, 4) is 5.75 Å². The van der Waals surface area contributed by atoms with E-state index in [1.807, 2.05) is 23.9 Å². The average molecular weight is 464 g/mol. The molecule has 1 aliphatic carbocycles. The van der Waals surface area contributed by atoms with Crippen LogP contribution in [-0.4, -0.2) is 48.2 Å². The van der Waals surface area contributed by atoms with Crippen LogP contribution in [0.5, 0.6) is 5.75 Å². The van der Waals surface area contributed by atoms with Gasteiger partial charge >= 0.3 is 0 Å². The van der Waals surface area contributed by atoms with Crippen molar-refractivity contribution < 1.29 is 4.74 Å². The minimum absolute atomic E-state index is 0. The molecule has 2 unspecified atom stereocenters. The number of guanidine groups is 1. The third-order valence-electron chi connectivity index (χ3n) is 3.91. The fraction of sp³-hybridized carbons (Fsp3) is 0.647. The predicted molar refractivity (Wildman–Crippen MR) is 114 cm³/mol. The molecular weight excluding hydrogens is 435 g/mol. The third-order valence-corrected chi connectivity index (χ3v) is 5.00. The summed E-state index contributed by atoms with van der Waals surface area (Å²) in [4.78, 5) is 8.65. The van der Waals surface area contributed by atoms with E-state index in [2.05, 4.69) is 33.8 Å². The second kappa shape index (κ2) is 12.6. The monoisotopic (exact) mass is 464 g/mol. The van der Waals surface area contributed by atoms with Crippen LogP contribution in [0.3, 0.4) is 0 Å². The zero-order chi connectivity index (χ0) is 16.3. The largest absolute Gasteiger partial charge is 0.490 e. The van der Waals surface area contributed by atoms with Gasteiger partial charge in [-0.3, -0.25) is 4.98 Å².